The van der Waals surface area contributed by atoms with Crippen molar-refractivity contribution in [1.82, 2.24) is 9.97 Å². The lowest BCUT2D eigenvalue weighted by Crippen LogP contribution is -2.12. The fourth-order valence-corrected chi connectivity index (χ4v) is 2.83. The van der Waals surface area contributed by atoms with Crippen molar-refractivity contribution in [2.45, 2.75) is 6.18 Å². The molecule has 8 heteroatoms. The molecule has 0 saturated heterocycles. The minimum absolute atomic E-state index is 0.00570. The van der Waals surface area contributed by atoms with Gasteiger partial charge in [-0.1, -0.05) is 35.8 Å². The molecule has 0 aliphatic carbocycles. The van der Waals surface area contributed by atoms with E-state index in [-0.39, 0.29) is 22.5 Å². The third-order valence-electron chi connectivity index (χ3n) is 3.97. The zero-order valence-electron chi connectivity index (χ0n) is 12.9. The molecular weight excluding hydrogens is 332 g/mol. The van der Waals surface area contributed by atoms with Crippen LogP contribution in [0.1, 0.15) is 5.56 Å². The SMILES string of the molecule is Bc1ccc2oc3c(=O)[nH]c(-c4ccccc4C(F)(F)F)nc3c2c1. The van der Waals surface area contributed by atoms with Crippen LogP contribution in [0.4, 0.5) is 13.2 Å². The van der Waals surface area contributed by atoms with Gasteiger partial charge in [-0.05, 0) is 12.1 Å². The molecule has 0 bridgehead atoms. The average Bonchev–Trinajstić information content (AvgIpc) is 2.93. The van der Waals surface area contributed by atoms with Crippen LogP contribution in [0.3, 0.4) is 0 Å². The normalized spacial score (nSPS) is 12.1. The van der Waals surface area contributed by atoms with Crippen LogP contribution >= 0.6 is 0 Å². The fourth-order valence-electron chi connectivity index (χ4n) is 2.83. The van der Waals surface area contributed by atoms with Crippen molar-refractivity contribution < 1.29 is 17.6 Å². The molecule has 2 heterocycles. The lowest BCUT2D eigenvalue weighted by Gasteiger charge is -2.11. The predicted octanol–water partition coefficient (Wildman–Crippen LogP) is 2.61. The molecule has 2 aromatic carbocycles. The van der Waals surface area contributed by atoms with Gasteiger partial charge in [-0.25, -0.2) is 4.98 Å². The lowest BCUT2D eigenvalue weighted by molar-refractivity contribution is -0.137. The third-order valence-corrected chi connectivity index (χ3v) is 3.97. The summed E-state index contributed by atoms with van der Waals surface area (Å²) < 4.78 is 45.3. The van der Waals surface area contributed by atoms with E-state index in [1.54, 1.807) is 12.1 Å². The lowest BCUT2D eigenvalue weighted by atomic mass is 9.95. The molecule has 4 rings (SSSR count). The molecule has 0 aliphatic heterocycles. The van der Waals surface area contributed by atoms with Crippen molar-refractivity contribution in [3.05, 3.63) is 58.4 Å². The number of hydrogen-bond donors (Lipinski definition) is 1. The summed E-state index contributed by atoms with van der Waals surface area (Å²) in [5.74, 6) is -0.144. The van der Waals surface area contributed by atoms with E-state index in [1.807, 2.05) is 13.9 Å². The monoisotopic (exact) mass is 342 g/mol. The van der Waals surface area contributed by atoms with E-state index in [0.29, 0.717) is 11.0 Å². The summed E-state index contributed by atoms with van der Waals surface area (Å²) in [6.45, 7) is 0. The standard InChI is InChI=1S/C17H10BF3N2O2/c18-8-5-6-12-10(7-8)13-14(25-12)16(24)23-15(22-13)9-3-1-2-4-11(9)17(19,20)21/h1-7H,18H2,(H,22,23,24). The van der Waals surface area contributed by atoms with E-state index in [1.165, 1.54) is 18.2 Å². The molecule has 1 N–H and O–H groups in total. The number of nitrogens with one attached hydrogen (secondary N) is 1. The van der Waals surface area contributed by atoms with Crippen LogP contribution < -0.4 is 11.0 Å². The van der Waals surface area contributed by atoms with Gasteiger partial charge in [-0.2, -0.15) is 13.2 Å². The second-order valence-corrected chi connectivity index (χ2v) is 5.74. The highest BCUT2D eigenvalue weighted by Gasteiger charge is 2.34. The third kappa shape index (κ3) is 2.50. The molecular formula is C17H10BF3N2O2. The van der Waals surface area contributed by atoms with Crippen LogP contribution in [0.2, 0.25) is 0 Å². The average molecular weight is 342 g/mol. The number of aromatic nitrogens is 2. The summed E-state index contributed by atoms with van der Waals surface area (Å²) in [7, 11) is 1.87. The summed E-state index contributed by atoms with van der Waals surface area (Å²) in [6.07, 6.45) is -4.56. The first-order valence-corrected chi connectivity index (χ1v) is 7.44. The summed E-state index contributed by atoms with van der Waals surface area (Å²) in [6, 6.07) is 10.3. The maximum atomic E-state index is 13.3. The van der Waals surface area contributed by atoms with E-state index in [0.717, 1.165) is 11.5 Å². The van der Waals surface area contributed by atoms with Crippen molar-refractivity contribution in [2.24, 2.45) is 0 Å². The number of aromatic amines is 1. The number of halogens is 3. The Morgan fingerprint density at radius 1 is 1.12 bits per heavy atom. The zero-order valence-corrected chi connectivity index (χ0v) is 12.9. The van der Waals surface area contributed by atoms with Crippen molar-refractivity contribution in [3.63, 3.8) is 0 Å². The Bertz CT molecular complexity index is 1180. The largest absolute Gasteiger partial charge is 0.449 e. The van der Waals surface area contributed by atoms with Gasteiger partial charge < -0.3 is 9.40 Å². The van der Waals surface area contributed by atoms with Gasteiger partial charge in [0.2, 0.25) is 5.58 Å². The van der Waals surface area contributed by atoms with Crippen molar-refractivity contribution in [1.29, 1.82) is 0 Å². The van der Waals surface area contributed by atoms with Gasteiger partial charge in [0.15, 0.2) is 0 Å². The summed E-state index contributed by atoms with van der Waals surface area (Å²) >= 11 is 0. The Labute approximate surface area is 139 Å². The Kier molecular flexibility index (Phi) is 3.25. The topological polar surface area (TPSA) is 58.9 Å². The summed E-state index contributed by atoms with van der Waals surface area (Å²) in [5.41, 5.74) is -0.0408. The van der Waals surface area contributed by atoms with Crippen LogP contribution in [0.5, 0.6) is 0 Å². The fraction of sp³-hybridized carbons (Fsp3) is 0.0588. The Morgan fingerprint density at radius 3 is 2.64 bits per heavy atom. The van der Waals surface area contributed by atoms with E-state index in [4.69, 9.17) is 4.42 Å². The first kappa shape index (κ1) is 15.5. The maximum Gasteiger partial charge on any atom is 0.417 e. The van der Waals surface area contributed by atoms with Crippen molar-refractivity contribution >= 4 is 35.4 Å². The van der Waals surface area contributed by atoms with Gasteiger partial charge in [-0.3, -0.25) is 4.79 Å². The number of alkyl halides is 3. The molecule has 4 nitrogen and oxygen atoms in total. The Morgan fingerprint density at radius 2 is 1.88 bits per heavy atom. The summed E-state index contributed by atoms with van der Waals surface area (Å²) in [5, 5.41) is 0.590. The van der Waals surface area contributed by atoms with E-state index >= 15 is 0 Å². The molecule has 0 amide bonds. The van der Waals surface area contributed by atoms with E-state index in [9.17, 15) is 18.0 Å². The molecule has 0 radical (unpaired) electrons. The van der Waals surface area contributed by atoms with Crippen molar-refractivity contribution in [3.8, 4) is 11.4 Å². The Hall–Kier alpha value is -3.03. The minimum Gasteiger partial charge on any atom is -0.449 e. The molecule has 0 spiro atoms. The van der Waals surface area contributed by atoms with Gasteiger partial charge in [0.25, 0.3) is 5.56 Å². The zero-order chi connectivity index (χ0) is 17.8. The molecule has 0 aliphatic rings. The van der Waals surface area contributed by atoms with Crippen molar-refractivity contribution in [2.75, 3.05) is 0 Å². The van der Waals surface area contributed by atoms with Gasteiger partial charge in [0.1, 0.15) is 24.8 Å². The van der Waals surface area contributed by atoms with Crippen LogP contribution in [0.25, 0.3) is 33.5 Å². The highest BCUT2D eigenvalue weighted by Crippen LogP contribution is 2.36. The summed E-state index contributed by atoms with van der Waals surface area (Å²) in [4.78, 5) is 19.0. The molecule has 2 aromatic heterocycles. The maximum absolute atomic E-state index is 13.3. The van der Waals surface area contributed by atoms with Crippen LogP contribution in [0, 0.1) is 0 Å². The van der Waals surface area contributed by atoms with Gasteiger partial charge in [0, 0.05) is 10.9 Å². The van der Waals surface area contributed by atoms with Gasteiger partial charge in [-0.15, -0.1) is 0 Å². The first-order chi connectivity index (χ1) is 11.8. The number of benzene rings is 2. The van der Waals surface area contributed by atoms with Crippen LogP contribution in [-0.4, -0.2) is 17.8 Å². The molecule has 0 atom stereocenters. The highest BCUT2D eigenvalue weighted by atomic mass is 19.4. The molecule has 0 unspecified atom stereocenters. The molecule has 4 aromatic rings. The number of rotatable bonds is 1. The van der Waals surface area contributed by atoms with Gasteiger partial charge in [0.05, 0.1) is 5.56 Å². The smallest absolute Gasteiger partial charge is 0.417 e. The first-order valence-electron chi connectivity index (χ1n) is 7.44. The van der Waals surface area contributed by atoms with Gasteiger partial charge >= 0.3 is 6.18 Å². The number of furan rings is 1. The second kappa shape index (κ2) is 5.24. The minimum atomic E-state index is -4.56. The second-order valence-electron chi connectivity index (χ2n) is 5.74. The van der Waals surface area contributed by atoms with Crippen LogP contribution in [-0.2, 0) is 6.18 Å². The quantitative estimate of drug-likeness (QED) is 0.541. The Balaban J connectivity index is 2.07. The van der Waals surface area contributed by atoms with Crippen LogP contribution in [0.15, 0.2) is 51.7 Å². The molecule has 25 heavy (non-hydrogen) atoms. The number of fused-ring (bicyclic) bond motifs is 3. The van der Waals surface area contributed by atoms with E-state index in [2.05, 4.69) is 9.97 Å². The number of hydrogen-bond acceptors (Lipinski definition) is 3. The molecule has 0 saturated carbocycles. The number of H-pyrrole nitrogens is 1. The number of nitrogens with zero attached hydrogens (tertiary/aromatic N) is 1. The molecule has 0 fully saturated rings. The van der Waals surface area contributed by atoms with E-state index < -0.39 is 17.3 Å². The highest BCUT2D eigenvalue weighted by molar-refractivity contribution is 6.33. The predicted molar refractivity (Wildman–Crippen MR) is 90.8 cm³/mol. The molecule has 124 valence electrons.